The van der Waals surface area contributed by atoms with Gasteiger partial charge in [-0.05, 0) is 37.3 Å². The summed E-state index contributed by atoms with van der Waals surface area (Å²) in [7, 11) is 1.64. The van der Waals surface area contributed by atoms with Gasteiger partial charge in [0.1, 0.15) is 16.5 Å². The minimum Gasteiger partial charge on any atom is -0.497 e. The van der Waals surface area contributed by atoms with Gasteiger partial charge < -0.3 is 10.1 Å². The van der Waals surface area contributed by atoms with Crippen LogP contribution in [0, 0.1) is 0 Å². The number of carbonyl (C=O) groups is 1. The minimum absolute atomic E-state index is 0.220. The van der Waals surface area contributed by atoms with Crippen molar-refractivity contribution in [1.29, 1.82) is 0 Å². The average Bonchev–Trinajstić information content (AvgIpc) is 3.17. The third-order valence-corrected chi connectivity index (χ3v) is 4.89. The van der Waals surface area contributed by atoms with Gasteiger partial charge in [0.15, 0.2) is 0 Å². The number of nitrogens with one attached hydrogen (secondary N) is 1. The summed E-state index contributed by atoms with van der Waals surface area (Å²) in [5, 5.41) is 9.77. The molecule has 0 atom stereocenters. The van der Waals surface area contributed by atoms with Crippen molar-refractivity contribution in [3.8, 4) is 16.3 Å². The van der Waals surface area contributed by atoms with Crippen molar-refractivity contribution in [1.82, 2.24) is 20.1 Å². The van der Waals surface area contributed by atoms with E-state index in [4.69, 9.17) is 4.74 Å². The third-order valence-electron chi connectivity index (χ3n) is 3.95. The molecule has 0 aliphatic rings. The zero-order chi connectivity index (χ0) is 19.2. The van der Waals surface area contributed by atoms with Crippen molar-refractivity contribution >= 4 is 17.2 Å². The van der Waals surface area contributed by atoms with Crippen LogP contribution in [0.1, 0.15) is 23.1 Å². The first-order chi connectivity index (χ1) is 13.1. The maximum absolute atomic E-state index is 12.2. The molecular weight excluding hydrogens is 364 g/mol. The molecule has 0 unspecified atom stereocenters. The molecule has 0 saturated heterocycles. The Kier molecular flexibility index (Phi) is 5.97. The van der Waals surface area contributed by atoms with Crippen LogP contribution < -0.4 is 15.6 Å². The Bertz CT molecular complexity index is 979. The molecule has 2 heterocycles. The van der Waals surface area contributed by atoms with Gasteiger partial charge >= 0.3 is 0 Å². The number of aryl methyl sites for hydroxylation is 1. The number of rotatable bonds is 7. The lowest BCUT2D eigenvalue weighted by Crippen LogP contribution is -2.30. The molecule has 1 aromatic carbocycles. The summed E-state index contributed by atoms with van der Waals surface area (Å²) in [6.45, 7) is 2.67. The van der Waals surface area contributed by atoms with E-state index in [1.165, 1.54) is 16.8 Å². The molecule has 3 aromatic rings. The number of aromatic nitrogens is 3. The van der Waals surface area contributed by atoms with Crippen LogP contribution in [0.2, 0.25) is 0 Å². The minimum atomic E-state index is -0.303. The van der Waals surface area contributed by atoms with E-state index in [0.717, 1.165) is 22.0 Å². The number of hydrogen-bond donors (Lipinski definition) is 1. The maximum atomic E-state index is 12.2. The SMILES string of the molecule is CCn1nc(C(=O)NCCc2csc(-c3ccc(OC)cc3)n2)ccc1=O. The van der Waals surface area contributed by atoms with Gasteiger partial charge in [-0.15, -0.1) is 11.3 Å². The number of carbonyl (C=O) groups excluding carboxylic acids is 1. The summed E-state index contributed by atoms with van der Waals surface area (Å²) in [5.41, 5.74) is 1.95. The third kappa shape index (κ3) is 4.59. The second-order valence-corrected chi connectivity index (χ2v) is 6.61. The lowest BCUT2D eigenvalue weighted by Gasteiger charge is -2.05. The van der Waals surface area contributed by atoms with Gasteiger partial charge in [-0.1, -0.05) is 0 Å². The summed E-state index contributed by atoms with van der Waals surface area (Å²) < 4.78 is 6.42. The molecule has 27 heavy (non-hydrogen) atoms. The summed E-state index contributed by atoms with van der Waals surface area (Å²) in [6, 6.07) is 10.5. The van der Waals surface area contributed by atoms with Gasteiger partial charge in [-0.25, -0.2) is 9.67 Å². The van der Waals surface area contributed by atoms with Crippen LogP contribution in [0.15, 0.2) is 46.6 Å². The van der Waals surface area contributed by atoms with Crippen molar-refractivity contribution < 1.29 is 9.53 Å². The smallest absolute Gasteiger partial charge is 0.271 e. The Morgan fingerprint density at radius 1 is 1.22 bits per heavy atom. The van der Waals surface area contributed by atoms with Crippen LogP contribution in [0.25, 0.3) is 10.6 Å². The first-order valence-electron chi connectivity index (χ1n) is 8.56. The van der Waals surface area contributed by atoms with Gasteiger partial charge in [-0.3, -0.25) is 9.59 Å². The quantitative estimate of drug-likeness (QED) is 0.676. The van der Waals surface area contributed by atoms with Crippen LogP contribution in [-0.2, 0) is 13.0 Å². The lowest BCUT2D eigenvalue weighted by atomic mass is 10.2. The van der Waals surface area contributed by atoms with Crippen LogP contribution in [0.5, 0.6) is 5.75 Å². The monoisotopic (exact) mass is 384 g/mol. The number of nitrogens with zero attached hydrogens (tertiary/aromatic N) is 3. The van der Waals surface area contributed by atoms with E-state index in [2.05, 4.69) is 15.4 Å². The van der Waals surface area contributed by atoms with Crippen LogP contribution in [0.3, 0.4) is 0 Å². The summed E-state index contributed by atoms with van der Waals surface area (Å²) >= 11 is 1.56. The fraction of sp³-hybridized carbons (Fsp3) is 0.263. The fourth-order valence-corrected chi connectivity index (χ4v) is 3.34. The molecule has 0 spiro atoms. The fourth-order valence-electron chi connectivity index (χ4n) is 2.48. The molecule has 0 fully saturated rings. The van der Waals surface area contributed by atoms with Gasteiger partial charge in [0.05, 0.1) is 12.8 Å². The van der Waals surface area contributed by atoms with E-state index in [0.29, 0.717) is 19.5 Å². The van der Waals surface area contributed by atoms with E-state index in [9.17, 15) is 9.59 Å². The molecule has 1 N–H and O–H groups in total. The van der Waals surface area contributed by atoms with Gasteiger partial charge in [0.25, 0.3) is 11.5 Å². The highest BCUT2D eigenvalue weighted by atomic mass is 32.1. The summed E-state index contributed by atoms with van der Waals surface area (Å²) in [6.07, 6.45) is 0.617. The molecule has 0 aliphatic heterocycles. The van der Waals surface area contributed by atoms with E-state index in [1.54, 1.807) is 25.4 Å². The van der Waals surface area contributed by atoms with Crippen molar-refractivity contribution in [2.24, 2.45) is 0 Å². The highest BCUT2D eigenvalue weighted by Gasteiger charge is 2.10. The van der Waals surface area contributed by atoms with E-state index in [-0.39, 0.29) is 17.2 Å². The molecule has 2 aromatic heterocycles. The van der Waals surface area contributed by atoms with Crippen molar-refractivity contribution in [3.63, 3.8) is 0 Å². The van der Waals surface area contributed by atoms with Crippen molar-refractivity contribution in [2.45, 2.75) is 19.9 Å². The Hall–Kier alpha value is -3.00. The van der Waals surface area contributed by atoms with Gasteiger partial charge in [0.2, 0.25) is 0 Å². The summed E-state index contributed by atoms with van der Waals surface area (Å²) in [5.74, 6) is 0.504. The number of hydrogen-bond acceptors (Lipinski definition) is 6. The van der Waals surface area contributed by atoms with Crippen LogP contribution in [-0.4, -0.2) is 34.3 Å². The number of thiazole rings is 1. The van der Waals surface area contributed by atoms with E-state index < -0.39 is 0 Å². The second kappa shape index (κ2) is 8.59. The van der Waals surface area contributed by atoms with Crippen LogP contribution >= 0.6 is 11.3 Å². The van der Waals surface area contributed by atoms with E-state index >= 15 is 0 Å². The van der Waals surface area contributed by atoms with Gasteiger partial charge in [0, 0.05) is 36.5 Å². The maximum Gasteiger partial charge on any atom is 0.271 e. The molecule has 7 nitrogen and oxygen atoms in total. The Morgan fingerprint density at radius 3 is 2.70 bits per heavy atom. The number of ether oxygens (including phenoxy) is 1. The highest BCUT2D eigenvalue weighted by Crippen LogP contribution is 2.25. The zero-order valence-corrected chi connectivity index (χ0v) is 16.0. The predicted octanol–water partition coefficient (Wildman–Crippen LogP) is 2.37. The second-order valence-electron chi connectivity index (χ2n) is 5.75. The molecule has 0 aliphatic carbocycles. The number of methoxy groups -OCH3 is 1. The molecule has 140 valence electrons. The first-order valence-corrected chi connectivity index (χ1v) is 9.44. The first kappa shape index (κ1) is 18.8. The molecule has 3 rings (SSSR count). The molecular formula is C19H20N4O3S. The Morgan fingerprint density at radius 2 is 2.00 bits per heavy atom. The van der Waals surface area contributed by atoms with Gasteiger partial charge in [-0.2, -0.15) is 5.10 Å². The molecule has 0 bridgehead atoms. The number of benzene rings is 1. The predicted molar refractivity (Wildman–Crippen MR) is 104 cm³/mol. The lowest BCUT2D eigenvalue weighted by molar-refractivity contribution is 0.0946. The molecule has 1 amide bonds. The normalized spacial score (nSPS) is 10.6. The highest BCUT2D eigenvalue weighted by molar-refractivity contribution is 7.13. The number of amides is 1. The van der Waals surface area contributed by atoms with Crippen molar-refractivity contribution in [2.75, 3.05) is 13.7 Å². The van der Waals surface area contributed by atoms with Crippen LogP contribution in [0.4, 0.5) is 0 Å². The molecule has 0 radical (unpaired) electrons. The molecule has 0 saturated carbocycles. The standard InChI is InChI=1S/C19H20N4O3S/c1-3-23-17(24)9-8-16(22-23)18(25)20-11-10-14-12-27-19(21-14)13-4-6-15(26-2)7-5-13/h4-9,12H,3,10-11H2,1-2H3,(H,20,25). The Labute approximate surface area is 160 Å². The largest absolute Gasteiger partial charge is 0.497 e. The van der Waals surface area contributed by atoms with Crippen molar-refractivity contribution in [3.05, 3.63) is 63.5 Å². The average molecular weight is 384 g/mol. The Balaban J connectivity index is 1.57. The topological polar surface area (TPSA) is 86.1 Å². The zero-order valence-electron chi connectivity index (χ0n) is 15.1. The van der Waals surface area contributed by atoms with E-state index in [1.807, 2.05) is 29.6 Å². The molecule has 8 heteroatoms. The summed E-state index contributed by atoms with van der Waals surface area (Å²) in [4.78, 5) is 28.3.